The van der Waals surface area contributed by atoms with Gasteiger partial charge in [-0.1, -0.05) is 43.2 Å². The molecular formula is C15H23NO. The van der Waals surface area contributed by atoms with Crippen molar-refractivity contribution < 1.29 is 5.11 Å². The van der Waals surface area contributed by atoms with E-state index in [0.29, 0.717) is 18.4 Å². The molecule has 1 aliphatic carbocycles. The van der Waals surface area contributed by atoms with E-state index in [1.165, 1.54) is 31.2 Å². The Morgan fingerprint density at radius 3 is 2.47 bits per heavy atom. The molecule has 2 N–H and O–H groups in total. The zero-order chi connectivity index (χ0) is 11.9. The number of benzene rings is 1. The number of aliphatic hydroxyl groups is 1. The summed E-state index contributed by atoms with van der Waals surface area (Å²) in [6, 6.07) is 10.5. The van der Waals surface area contributed by atoms with Gasteiger partial charge in [0, 0.05) is 13.2 Å². The normalized spacial score (nSPS) is 24.8. The highest BCUT2D eigenvalue weighted by Gasteiger charge is 2.23. The van der Waals surface area contributed by atoms with Gasteiger partial charge in [0.2, 0.25) is 0 Å². The van der Waals surface area contributed by atoms with Crippen molar-refractivity contribution in [3.63, 3.8) is 0 Å². The maximum Gasteiger partial charge on any atom is 0.0462 e. The van der Waals surface area contributed by atoms with Crippen LogP contribution in [0, 0.1) is 11.8 Å². The Morgan fingerprint density at radius 2 is 1.76 bits per heavy atom. The SMILES string of the molecule is OCC1CCCCC1CNCc1ccccc1. The van der Waals surface area contributed by atoms with Crippen molar-refractivity contribution in [3.05, 3.63) is 35.9 Å². The van der Waals surface area contributed by atoms with Crippen molar-refractivity contribution in [3.8, 4) is 0 Å². The first-order valence-electron chi connectivity index (χ1n) is 6.75. The van der Waals surface area contributed by atoms with Gasteiger partial charge in [0.25, 0.3) is 0 Å². The lowest BCUT2D eigenvalue weighted by Crippen LogP contribution is -2.32. The molecule has 0 spiro atoms. The molecule has 94 valence electrons. The van der Waals surface area contributed by atoms with Crippen LogP contribution in [0.2, 0.25) is 0 Å². The fraction of sp³-hybridized carbons (Fsp3) is 0.600. The van der Waals surface area contributed by atoms with E-state index in [4.69, 9.17) is 0 Å². The molecule has 0 aromatic heterocycles. The van der Waals surface area contributed by atoms with Gasteiger partial charge in [-0.25, -0.2) is 0 Å². The summed E-state index contributed by atoms with van der Waals surface area (Å²) < 4.78 is 0. The lowest BCUT2D eigenvalue weighted by molar-refractivity contribution is 0.133. The average Bonchev–Trinajstić information content (AvgIpc) is 2.40. The van der Waals surface area contributed by atoms with Gasteiger partial charge in [-0.05, 0) is 36.8 Å². The van der Waals surface area contributed by atoms with E-state index in [1.54, 1.807) is 0 Å². The Kier molecular flexibility index (Phi) is 5.02. The van der Waals surface area contributed by atoms with E-state index < -0.39 is 0 Å². The smallest absolute Gasteiger partial charge is 0.0462 e. The standard InChI is InChI=1S/C15H23NO/c17-12-15-9-5-4-8-14(15)11-16-10-13-6-2-1-3-7-13/h1-3,6-7,14-17H,4-5,8-12H2. The maximum atomic E-state index is 9.35. The van der Waals surface area contributed by atoms with Gasteiger partial charge in [0.1, 0.15) is 0 Å². The molecule has 2 unspecified atom stereocenters. The Morgan fingerprint density at radius 1 is 1.06 bits per heavy atom. The van der Waals surface area contributed by atoms with Gasteiger partial charge in [-0.15, -0.1) is 0 Å². The predicted molar refractivity (Wildman–Crippen MR) is 70.7 cm³/mol. The van der Waals surface area contributed by atoms with Crippen LogP contribution in [0.3, 0.4) is 0 Å². The van der Waals surface area contributed by atoms with Gasteiger partial charge in [0.15, 0.2) is 0 Å². The van der Waals surface area contributed by atoms with Gasteiger partial charge >= 0.3 is 0 Å². The van der Waals surface area contributed by atoms with E-state index in [-0.39, 0.29) is 0 Å². The van der Waals surface area contributed by atoms with Crippen LogP contribution in [-0.2, 0) is 6.54 Å². The summed E-state index contributed by atoms with van der Waals surface area (Å²) in [6.45, 7) is 2.34. The first kappa shape index (κ1) is 12.6. The minimum absolute atomic E-state index is 0.359. The van der Waals surface area contributed by atoms with Gasteiger partial charge in [-0.3, -0.25) is 0 Å². The molecule has 2 rings (SSSR count). The Balaban J connectivity index is 1.74. The fourth-order valence-corrected chi connectivity index (χ4v) is 2.79. The van der Waals surface area contributed by atoms with Crippen LogP contribution in [0.15, 0.2) is 30.3 Å². The van der Waals surface area contributed by atoms with Crippen molar-refractivity contribution in [2.24, 2.45) is 11.8 Å². The molecule has 1 aromatic rings. The molecule has 1 aromatic carbocycles. The summed E-state index contributed by atoms with van der Waals surface area (Å²) in [5, 5.41) is 12.9. The highest BCUT2D eigenvalue weighted by atomic mass is 16.3. The minimum Gasteiger partial charge on any atom is -0.396 e. The molecule has 1 saturated carbocycles. The highest BCUT2D eigenvalue weighted by Crippen LogP contribution is 2.29. The molecule has 0 aliphatic heterocycles. The predicted octanol–water partition coefficient (Wildman–Crippen LogP) is 2.57. The summed E-state index contributed by atoms with van der Waals surface area (Å²) >= 11 is 0. The molecule has 0 saturated heterocycles. The molecule has 1 fully saturated rings. The molecule has 2 heteroatoms. The second-order valence-electron chi connectivity index (χ2n) is 5.10. The molecule has 0 radical (unpaired) electrons. The molecule has 17 heavy (non-hydrogen) atoms. The summed E-state index contributed by atoms with van der Waals surface area (Å²) in [5.74, 6) is 1.18. The monoisotopic (exact) mass is 233 g/mol. The van der Waals surface area contributed by atoms with Crippen LogP contribution in [0.4, 0.5) is 0 Å². The lowest BCUT2D eigenvalue weighted by atomic mass is 9.79. The second-order valence-corrected chi connectivity index (χ2v) is 5.10. The van der Waals surface area contributed by atoms with Crippen molar-refractivity contribution in [1.29, 1.82) is 0 Å². The summed E-state index contributed by atoms with van der Waals surface area (Å²) in [4.78, 5) is 0. The summed E-state index contributed by atoms with van der Waals surface area (Å²) in [7, 11) is 0. The first-order chi connectivity index (χ1) is 8.40. The molecule has 1 aliphatic rings. The molecule has 0 bridgehead atoms. The third-order valence-electron chi connectivity index (χ3n) is 3.88. The van der Waals surface area contributed by atoms with Gasteiger partial charge in [-0.2, -0.15) is 0 Å². The Hall–Kier alpha value is -0.860. The Labute approximate surface area is 104 Å². The third-order valence-corrected chi connectivity index (χ3v) is 3.88. The van der Waals surface area contributed by atoms with Crippen LogP contribution in [0.25, 0.3) is 0 Å². The highest BCUT2D eigenvalue weighted by molar-refractivity contribution is 5.14. The maximum absolute atomic E-state index is 9.35. The molecule has 2 nitrogen and oxygen atoms in total. The van der Waals surface area contributed by atoms with Crippen LogP contribution in [-0.4, -0.2) is 18.3 Å². The van der Waals surface area contributed by atoms with Gasteiger partial charge < -0.3 is 10.4 Å². The van der Waals surface area contributed by atoms with Crippen LogP contribution < -0.4 is 5.32 Å². The van der Waals surface area contributed by atoms with Gasteiger partial charge in [0.05, 0.1) is 0 Å². The quantitative estimate of drug-likeness (QED) is 0.819. The number of aliphatic hydroxyl groups excluding tert-OH is 1. The summed E-state index contributed by atoms with van der Waals surface area (Å²) in [6.07, 6.45) is 5.09. The van der Waals surface area contributed by atoms with E-state index in [1.807, 2.05) is 6.07 Å². The van der Waals surface area contributed by atoms with E-state index in [0.717, 1.165) is 13.1 Å². The third kappa shape index (κ3) is 3.83. The molecule has 0 amide bonds. The molecular weight excluding hydrogens is 210 g/mol. The Bertz CT molecular complexity index is 312. The van der Waals surface area contributed by atoms with Crippen LogP contribution in [0.5, 0.6) is 0 Å². The summed E-state index contributed by atoms with van der Waals surface area (Å²) in [5.41, 5.74) is 1.34. The van der Waals surface area contributed by atoms with E-state index in [9.17, 15) is 5.11 Å². The molecule has 2 atom stereocenters. The second kappa shape index (κ2) is 6.77. The van der Waals surface area contributed by atoms with Crippen molar-refractivity contribution in [2.75, 3.05) is 13.2 Å². The number of hydrogen-bond acceptors (Lipinski definition) is 2. The van der Waals surface area contributed by atoms with Crippen LogP contribution >= 0.6 is 0 Å². The van der Waals surface area contributed by atoms with Crippen molar-refractivity contribution >= 4 is 0 Å². The molecule has 0 heterocycles. The average molecular weight is 233 g/mol. The first-order valence-corrected chi connectivity index (χ1v) is 6.75. The van der Waals surface area contributed by atoms with Crippen LogP contribution in [0.1, 0.15) is 31.2 Å². The lowest BCUT2D eigenvalue weighted by Gasteiger charge is -2.30. The minimum atomic E-state index is 0.359. The largest absolute Gasteiger partial charge is 0.396 e. The number of nitrogens with one attached hydrogen (secondary N) is 1. The van der Waals surface area contributed by atoms with E-state index >= 15 is 0 Å². The van der Waals surface area contributed by atoms with Crippen molar-refractivity contribution in [2.45, 2.75) is 32.2 Å². The fourth-order valence-electron chi connectivity index (χ4n) is 2.79. The van der Waals surface area contributed by atoms with E-state index in [2.05, 4.69) is 29.6 Å². The zero-order valence-electron chi connectivity index (χ0n) is 10.4. The van der Waals surface area contributed by atoms with Crippen molar-refractivity contribution in [1.82, 2.24) is 5.32 Å². The number of hydrogen-bond donors (Lipinski definition) is 2. The topological polar surface area (TPSA) is 32.3 Å². The zero-order valence-corrected chi connectivity index (χ0v) is 10.4. The number of rotatable bonds is 5.